The average molecular weight is 643 g/mol. The highest BCUT2D eigenvalue weighted by atomic mass is 17.1. The van der Waals surface area contributed by atoms with Crippen LogP contribution in [-0.2, 0) is 28.7 Å². The largest absolute Gasteiger partial charge is 0.481 e. The zero-order chi connectivity index (χ0) is 33.9. The summed E-state index contributed by atoms with van der Waals surface area (Å²) in [5, 5.41) is 17.9. The number of carbonyl (C=O) groups is 3. The SMILES string of the molecule is C=C(COO)C(=O)OC1CC[C@@]2(C)C(CC[C@]3(C)C2CCC2C4C(C(=C)C)CCC4(COC(=O)CCC(=O)O)CC[C@@]23C)C1(C)C. The molecule has 2 N–H and O–H groups in total. The second-order valence-corrected chi connectivity index (χ2v) is 17.2. The molecular weight excluding hydrogens is 584 g/mol. The summed E-state index contributed by atoms with van der Waals surface area (Å²) >= 11 is 0. The van der Waals surface area contributed by atoms with Crippen molar-refractivity contribution in [3.05, 3.63) is 24.3 Å². The van der Waals surface area contributed by atoms with Gasteiger partial charge in [0.25, 0.3) is 0 Å². The van der Waals surface area contributed by atoms with Gasteiger partial charge in [0.15, 0.2) is 0 Å². The van der Waals surface area contributed by atoms with E-state index in [1.54, 1.807) is 0 Å². The van der Waals surface area contributed by atoms with Crippen LogP contribution in [0.5, 0.6) is 0 Å². The van der Waals surface area contributed by atoms with E-state index in [2.05, 4.69) is 59.6 Å². The normalized spacial score (nSPS) is 42.4. The van der Waals surface area contributed by atoms with Crippen LogP contribution < -0.4 is 0 Å². The van der Waals surface area contributed by atoms with Crippen molar-refractivity contribution in [1.82, 2.24) is 0 Å². The number of fused-ring (bicyclic) bond motifs is 7. The van der Waals surface area contributed by atoms with Crippen LogP contribution in [0.4, 0.5) is 0 Å². The second-order valence-electron chi connectivity index (χ2n) is 17.2. The maximum absolute atomic E-state index is 12.8. The molecule has 5 aliphatic rings. The molecule has 8 heteroatoms. The highest BCUT2D eigenvalue weighted by Gasteiger charge is 2.71. The third kappa shape index (κ3) is 5.47. The molecule has 5 fully saturated rings. The molecule has 0 heterocycles. The van der Waals surface area contributed by atoms with Crippen molar-refractivity contribution in [3.63, 3.8) is 0 Å². The minimum absolute atomic E-state index is 0.0774. The molecule has 0 aliphatic heterocycles. The van der Waals surface area contributed by atoms with E-state index in [1.807, 2.05) is 0 Å². The smallest absolute Gasteiger partial charge is 0.336 e. The number of hydrogen-bond acceptors (Lipinski definition) is 7. The minimum Gasteiger partial charge on any atom is -0.481 e. The molecule has 0 spiro atoms. The van der Waals surface area contributed by atoms with E-state index in [-0.39, 0.29) is 58.2 Å². The van der Waals surface area contributed by atoms with Crippen molar-refractivity contribution in [1.29, 1.82) is 0 Å². The standard InChI is InChI=1S/C38H58O8/c1-23(2)25-13-18-38(22-44-31(41)12-11-30(39)40)20-19-36(7)26(32(25)38)9-10-28-35(6)16-15-29(46-33(42)24(3)21-45-43)34(4,5)27(35)14-17-37(28,36)8/h25-29,32,43H,1,3,9-22H2,2,4-8H3,(H,39,40)/t25?,26?,27?,28?,29?,32?,35-,36-,37+,38?/m0/s1. The van der Waals surface area contributed by atoms with Gasteiger partial charge in [0.05, 0.1) is 25.0 Å². The Morgan fingerprint density at radius 2 is 1.54 bits per heavy atom. The van der Waals surface area contributed by atoms with Crippen LogP contribution >= 0.6 is 0 Å². The highest BCUT2D eigenvalue weighted by molar-refractivity contribution is 5.88. The fourth-order valence-electron chi connectivity index (χ4n) is 12.6. The molecule has 8 nitrogen and oxygen atoms in total. The second kappa shape index (κ2) is 12.4. The molecule has 0 aromatic carbocycles. The van der Waals surface area contributed by atoms with E-state index in [1.165, 1.54) is 12.0 Å². The molecule has 0 amide bonds. The molecule has 0 saturated heterocycles. The molecule has 7 unspecified atom stereocenters. The first kappa shape index (κ1) is 35.1. The molecule has 5 saturated carbocycles. The van der Waals surface area contributed by atoms with Crippen LogP contribution in [0.2, 0.25) is 0 Å². The van der Waals surface area contributed by atoms with Crippen LogP contribution in [0.3, 0.4) is 0 Å². The van der Waals surface area contributed by atoms with Crippen molar-refractivity contribution in [2.24, 2.45) is 56.7 Å². The van der Waals surface area contributed by atoms with Gasteiger partial charge in [-0.1, -0.05) is 53.3 Å². The van der Waals surface area contributed by atoms with E-state index < -0.39 is 17.9 Å². The Kier molecular flexibility index (Phi) is 9.44. The monoisotopic (exact) mass is 642 g/mol. The Balaban J connectivity index is 1.40. The number of carbonyl (C=O) groups excluding carboxylic acids is 2. The molecule has 0 aromatic rings. The molecule has 10 atom stereocenters. The van der Waals surface area contributed by atoms with Gasteiger partial charge in [-0.3, -0.25) is 14.8 Å². The molecule has 258 valence electrons. The molecule has 5 aliphatic carbocycles. The van der Waals surface area contributed by atoms with Crippen LogP contribution in [0, 0.1) is 56.7 Å². The third-order valence-corrected chi connectivity index (χ3v) is 15.0. The van der Waals surface area contributed by atoms with Crippen LogP contribution in [0.1, 0.15) is 119 Å². The lowest BCUT2D eigenvalue weighted by Crippen LogP contribution is -2.67. The van der Waals surface area contributed by atoms with Crippen molar-refractivity contribution >= 4 is 17.9 Å². The quantitative estimate of drug-likeness (QED) is 0.0809. The summed E-state index contributed by atoms with van der Waals surface area (Å²) in [5.41, 5.74) is 1.49. The first-order valence-corrected chi connectivity index (χ1v) is 17.6. The van der Waals surface area contributed by atoms with Crippen LogP contribution in [0.15, 0.2) is 24.3 Å². The van der Waals surface area contributed by atoms with Gasteiger partial charge in [0.2, 0.25) is 0 Å². The van der Waals surface area contributed by atoms with Crippen molar-refractivity contribution in [3.8, 4) is 0 Å². The predicted molar refractivity (Wildman–Crippen MR) is 174 cm³/mol. The molecule has 0 radical (unpaired) electrons. The fourth-order valence-corrected chi connectivity index (χ4v) is 12.6. The van der Waals surface area contributed by atoms with Crippen LogP contribution in [0.25, 0.3) is 0 Å². The number of hydrogen-bond donors (Lipinski definition) is 2. The van der Waals surface area contributed by atoms with E-state index in [0.29, 0.717) is 36.2 Å². The molecule has 0 bridgehead atoms. The summed E-state index contributed by atoms with van der Waals surface area (Å²) in [7, 11) is 0. The average Bonchev–Trinajstić information content (AvgIpc) is 3.37. The van der Waals surface area contributed by atoms with Crippen molar-refractivity contribution < 1.29 is 39.1 Å². The van der Waals surface area contributed by atoms with Crippen LogP contribution in [-0.4, -0.2) is 47.6 Å². The maximum Gasteiger partial charge on any atom is 0.336 e. The first-order valence-electron chi connectivity index (χ1n) is 17.6. The van der Waals surface area contributed by atoms with E-state index in [0.717, 1.165) is 57.8 Å². The number of allylic oxidation sites excluding steroid dienone is 1. The Labute approximate surface area is 275 Å². The maximum atomic E-state index is 12.8. The summed E-state index contributed by atoms with van der Waals surface area (Å²) in [4.78, 5) is 40.5. The molecule has 46 heavy (non-hydrogen) atoms. The highest BCUT2D eigenvalue weighted by Crippen LogP contribution is 2.77. The number of carboxylic acid groups (broad SMARTS) is 1. The Bertz CT molecular complexity index is 1250. The summed E-state index contributed by atoms with van der Waals surface area (Å²) in [5.74, 6) is 0.413. The minimum atomic E-state index is -0.977. The third-order valence-electron chi connectivity index (χ3n) is 15.0. The molecular formula is C38H58O8. The van der Waals surface area contributed by atoms with Gasteiger partial charge in [0, 0.05) is 10.8 Å². The Morgan fingerprint density at radius 3 is 2.20 bits per heavy atom. The van der Waals surface area contributed by atoms with E-state index in [4.69, 9.17) is 19.8 Å². The van der Waals surface area contributed by atoms with Gasteiger partial charge in [-0.05, 0) is 117 Å². The summed E-state index contributed by atoms with van der Waals surface area (Å²) in [6.07, 6.45) is 10.1. The molecule has 5 rings (SSSR count). The van der Waals surface area contributed by atoms with Gasteiger partial charge in [-0.15, -0.1) is 0 Å². The fraction of sp³-hybridized carbons (Fsp3) is 0.816. The zero-order valence-electron chi connectivity index (χ0n) is 29.1. The molecule has 0 aromatic heterocycles. The van der Waals surface area contributed by atoms with Gasteiger partial charge < -0.3 is 14.6 Å². The van der Waals surface area contributed by atoms with Crippen molar-refractivity contribution in [2.75, 3.05) is 13.2 Å². The van der Waals surface area contributed by atoms with E-state index in [9.17, 15) is 14.4 Å². The van der Waals surface area contributed by atoms with E-state index >= 15 is 0 Å². The first-order chi connectivity index (χ1) is 21.5. The van der Waals surface area contributed by atoms with Gasteiger partial charge in [-0.2, -0.15) is 0 Å². The number of aliphatic carboxylic acids is 1. The zero-order valence-corrected chi connectivity index (χ0v) is 29.1. The summed E-state index contributed by atoms with van der Waals surface area (Å²) in [6.45, 7) is 22.7. The Hall–Kier alpha value is -2.19. The Morgan fingerprint density at radius 1 is 0.826 bits per heavy atom. The lowest BCUT2D eigenvalue weighted by atomic mass is 9.32. The van der Waals surface area contributed by atoms with Gasteiger partial charge in [0.1, 0.15) is 12.7 Å². The lowest BCUT2D eigenvalue weighted by molar-refractivity contribution is -0.252. The summed E-state index contributed by atoms with van der Waals surface area (Å²) in [6, 6.07) is 0. The van der Waals surface area contributed by atoms with Crippen molar-refractivity contribution in [2.45, 2.75) is 125 Å². The number of rotatable bonds is 10. The number of carboxylic acids is 1. The number of ether oxygens (including phenoxy) is 2. The topological polar surface area (TPSA) is 119 Å². The van der Waals surface area contributed by atoms with Gasteiger partial charge >= 0.3 is 17.9 Å². The lowest BCUT2D eigenvalue weighted by Gasteiger charge is -2.73. The number of esters is 2. The summed E-state index contributed by atoms with van der Waals surface area (Å²) < 4.78 is 11.9. The predicted octanol–water partition coefficient (Wildman–Crippen LogP) is 8.01. The van der Waals surface area contributed by atoms with Gasteiger partial charge in [-0.25, -0.2) is 9.68 Å².